The molecule has 0 spiro atoms. The van der Waals surface area contributed by atoms with Crippen molar-refractivity contribution in [3.05, 3.63) is 185 Å². The van der Waals surface area contributed by atoms with Crippen molar-refractivity contribution in [1.82, 2.24) is 50.3 Å². The van der Waals surface area contributed by atoms with Crippen LogP contribution in [0.3, 0.4) is 0 Å². The Morgan fingerprint density at radius 1 is 0.505 bits per heavy atom. The molecule has 0 radical (unpaired) electrons. The smallest absolute Gasteiger partial charge is 0.223 e. The van der Waals surface area contributed by atoms with E-state index in [-0.39, 0.29) is 0 Å². The average Bonchev–Trinajstić information content (AvgIpc) is 1.40. The summed E-state index contributed by atoms with van der Waals surface area (Å²) in [6.07, 6.45) is 18.8. The second-order valence-corrected chi connectivity index (χ2v) is 32.1. The van der Waals surface area contributed by atoms with Crippen molar-refractivity contribution < 1.29 is 4.79 Å². The van der Waals surface area contributed by atoms with E-state index in [2.05, 4.69) is 264 Å². The Morgan fingerprint density at radius 3 is 1.53 bits per heavy atom. The summed E-state index contributed by atoms with van der Waals surface area (Å²) in [6, 6.07) is 56.6. The van der Waals surface area contributed by atoms with Gasteiger partial charge in [-0.1, -0.05) is 109 Å². The van der Waals surface area contributed by atoms with Gasteiger partial charge in [0.2, 0.25) is 5.91 Å². The van der Waals surface area contributed by atoms with Gasteiger partial charge in [0, 0.05) is 225 Å². The van der Waals surface area contributed by atoms with Gasteiger partial charge in [-0.05, 0) is 211 Å². The van der Waals surface area contributed by atoms with Gasteiger partial charge >= 0.3 is 0 Å². The van der Waals surface area contributed by atoms with E-state index in [0.29, 0.717) is 48.1 Å². The Kier molecular flexibility index (Phi) is 24.3. The van der Waals surface area contributed by atoms with Crippen LogP contribution in [0.4, 0.5) is 17.1 Å². The number of piperidine rings is 3. The van der Waals surface area contributed by atoms with Gasteiger partial charge in [-0.3, -0.25) is 24.4 Å². The normalized spacial score (nSPS) is 20.5. The molecule has 0 bridgehead atoms. The number of nitrogens with zero attached hydrogens (tertiary/aromatic N) is 9. The third-order valence-corrected chi connectivity index (χ3v) is 24.9. The number of carbonyl (C=O) groups is 1. The van der Waals surface area contributed by atoms with Crippen LogP contribution in [-0.4, -0.2) is 227 Å². The molecule has 1 saturated carbocycles. The van der Waals surface area contributed by atoms with Crippen molar-refractivity contribution in [3.63, 3.8) is 0 Å². The molecule has 14 nitrogen and oxygen atoms in total. The van der Waals surface area contributed by atoms with Crippen LogP contribution in [0.15, 0.2) is 146 Å². The first-order valence-electron chi connectivity index (χ1n) is 40.2. The van der Waals surface area contributed by atoms with Crippen LogP contribution >= 0.6 is 0 Å². The number of rotatable bonds is 20. The first-order valence-corrected chi connectivity index (χ1v) is 40.2. The molecule has 6 saturated heterocycles. The van der Waals surface area contributed by atoms with Crippen molar-refractivity contribution in [2.75, 3.05) is 166 Å². The molecule has 9 aliphatic rings. The van der Waals surface area contributed by atoms with E-state index in [1.807, 2.05) is 0 Å². The van der Waals surface area contributed by atoms with Crippen molar-refractivity contribution in [2.24, 2.45) is 0 Å². The number of benzene rings is 6. The second-order valence-electron chi connectivity index (χ2n) is 32.1. The van der Waals surface area contributed by atoms with Crippen molar-refractivity contribution in [1.29, 1.82) is 0 Å². The average molecular weight is 1390 g/mol. The van der Waals surface area contributed by atoms with Gasteiger partial charge in [0.05, 0.1) is 0 Å². The number of nitrogens with one attached hydrogen (secondary N) is 4. The lowest BCUT2D eigenvalue weighted by Gasteiger charge is -2.53. The minimum Gasteiger partial charge on any atom is -0.371 e. The number of hydrogen-bond donors (Lipinski definition) is 4. The summed E-state index contributed by atoms with van der Waals surface area (Å²) in [4.78, 5) is 38.9. The zero-order chi connectivity index (χ0) is 70.7. The maximum atomic E-state index is 12.6. The van der Waals surface area contributed by atoms with Crippen molar-refractivity contribution >= 4 is 57.2 Å². The van der Waals surface area contributed by atoms with E-state index in [9.17, 15) is 4.79 Å². The molecule has 1 aromatic heterocycles. The number of para-hydroxylation sites is 1. The lowest BCUT2D eigenvalue weighted by molar-refractivity contribution is -0.133. The van der Waals surface area contributed by atoms with Gasteiger partial charge < -0.3 is 45.4 Å². The number of piperazine rings is 3. The molecule has 7 aromatic rings. The Hall–Kier alpha value is -7.11. The summed E-state index contributed by atoms with van der Waals surface area (Å²) in [5.41, 5.74) is 20.8. The largest absolute Gasteiger partial charge is 0.371 e. The molecular formula is C89H121N13O. The molecule has 0 atom stereocenters. The Bertz CT molecular complexity index is 3920. The van der Waals surface area contributed by atoms with E-state index in [0.717, 1.165) is 104 Å². The van der Waals surface area contributed by atoms with Crippen LogP contribution in [0.2, 0.25) is 0 Å². The third-order valence-electron chi connectivity index (χ3n) is 24.9. The zero-order valence-electron chi connectivity index (χ0n) is 63.4. The fraction of sp³-hybridized carbons (Fsp3) is 0.517. The number of allylic oxidation sites excluding steroid dienone is 2. The van der Waals surface area contributed by atoms with Crippen LogP contribution in [-0.2, 0) is 17.6 Å². The first kappa shape index (κ1) is 72.8. The Morgan fingerprint density at radius 2 is 1.01 bits per heavy atom. The molecule has 7 fully saturated rings. The number of hydrogen-bond acceptors (Lipinski definition) is 12. The van der Waals surface area contributed by atoms with Gasteiger partial charge in [-0.15, -0.1) is 0 Å². The number of fused-ring (bicyclic) bond motifs is 3. The Balaban J connectivity index is 0.000000131. The van der Waals surface area contributed by atoms with Crippen LogP contribution in [0.1, 0.15) is 131 Å². The minimum absolute atomic E-state index is 0.304. The zero-order valence-corrected chi connectivity index (χ0v) is 63.4. The second kappa shape index (κ2) is 34.4. The molecule has 548 valence electrons. The minimum atomic E-state index is 0.304. The summed E-state index contributed by atoms with van der Waals surface area (Å²) in [7, 11) is 2.26. The molecule has 1 amide bonds. The van der Waals surface area contributed by atoms with Gasteiger partial charge in [-0.25, -0.2) is 0 Å². The number of likely N-dealkylation sites (N-methyl/N-ethyl adjacent to an activating group) is 1. The number of carbonyl (C=O) groups excluding carboxylic acids is 1. The molecule has 6 aromatic carbocycles. The third kappa shape index (κ3) is 18.4. The molecule has 16 rings (SSSR count). The van der Waals surface area contributed by atoms with E-state index >= 15 is 0 Å². The van der Waals surface area contributed by atoms with E-state index in [1.165, 1.54) is 200 Å². The van der Waals surface area contributed by atoms with Crippen molar-refractivity contribution in [2.45, 2.75) is 147 Å². The summed E-state index contributed by atoms with van der Waals surface area (Å²) in [5, 5.41) is 12.8. The quantitative estimate of drug-likeness (QED) is 0.0585. The van der Waals surface area contributed by atoms with Gasteiger partial charge in [0.25, 0.3) is 0 Å². The van der Waals surface area contributed by atoms with Crippen LogP contribution in [0, 0.1) is 6.92 Å². The number of H-pyrrole nitrogens is 1. The number of anilines is 3. The highest BCUT2D eigenvalue weighted by Gasteiger charge is 2.43. The fourth-order valence-corrected chi connectivity index (χ4v) is 17.8. The highest BCUT2D eigenvalue weighted by atomic mass is 16.2. The standard InChI is InChI=1S/C30H40N4O.C30H40N4.C29H41N5/c1-23(2)32-16-18-34(19-17-32)30(35)10-13-31-28-11-14-33(15-12-28)29-9-5-8-26(22-29)27-20-24-6-3-4-7-25(24)21-27;1-32-16-18-34(19-17-32)30(12-5-13-30)23-31-28-10-14-33(15-11-28)29-9-4-8-26(22-29)27-20-24-6-2-3-7-25(24)21-27;1-22(2)33-18-16-32(17-19-33)15-12-30-25-10-13-34(14-11-25)26-9-8-23(3)27(21-26)29-20-24-6-4-5-7-28(24)31-29/h3-9,20,22-23,28,31H,10-19,21H2,1-2H3;2-4,6-9,20,22,28,31H,5,10-19,21,23H2,1H3;4-9,20-22,25,30-31H,10-19H2,1-3H3. The molecule has 7 heterocycles. The van der Waals surface area contributed by atoms with Crippen LogP contribution in [0.5, 0.6) is 0 Å². The molecule has 3 aliphatic carbocycles. The molecule has 14 heteroatoms. The number of amides is 1. The predicted molar refractivity (Wildman–Crippen MR) is 434 cm³/mol. The highest BCUT2D eigenvalue weighted by molar-refractivity contribution is 5.91. The topological polar surface area (TPSA) is 98.1 Å². The fourth-order valence-electron chi connectivity index (χ4n) is 17.8. The molecular weight excluding hydrogens is 1270 g/mol. The van der Waals surface area contributed by atoms with Crippen LogP contribution < -0.4 is 30.7 Å². The lowest BCUT2D eigenvalue weighted by Crippen LogP contribution is -2.64. The number of aromatic nitrogens is 1. The first-order chi connectivity index (χ1) is 50.3. The maximum Gasteiger partial charge on any atom is 0.223 e. The van der Waals surface area contributed by atoms with E-state index < -0.39 is 0 Å². The van der Waals surface area contributed by atoms with E-state index in [1.54, 1.807) is 0 Å². The molecule has 4 N–H and O–H groups in total. The molecule has 0 unspecified atom stereocenters. The predicted octanol–water partition coefficient (Wildman–Crippen LogP) is 13.5. The monoisotopic (exact) mass is 1390 g/mol. The SMILES string of the molecule is CC(C)N1CCN(C(=O)CCNC2CCN(c3cccc(C4=Cc5ccccc5C4)c3)CC2)CC1.CN1CCN(C2(CNC3CCN(c4cccc(C5=Cc6ccccc6C5)c4)CC3)CCC2)CC1.Cc1ccc(N2CCC(NCCN3CCN(C(C)C)CC3)CC2)cc1-c1cc2ccccc2[nH]1. The maximum absolute atomic E-state index is 12.6. The van der Waals surface area contributed by atoms with E-state index in [4.69, 9.17) is 0 Å². The number of aromatic amines is 1. The van der Waals surface area contributed by atoms with Crippen molar-refractivity contribution in [3.8, 4) is 11.3 Å². The summed E-state index contributed by atoms with van der Waals surface area (Å²) in [6.45, 7) is 35.8. The van der Waals surface area contributed by atoms with Gasteiger partial charge in [0.15, 0.2) is 0 Å². The lowest BCUT2D eigenvalue weighted by atomic mass is 9.74. The van der Waals surface area contributed by atoms with Crippen LogP contribution in [0.25, 0.3) is 45.5 Å². The molecule has 6 aliphatic heterocycles. The summed E-state index contributed by atoms with van der Waals surface area (Å²) in [5.74, 6) is 0.304. The number of aryl methyl sites for hydroxylation is 1. The molecule has 103 heavy (non-hydrogen) atoms. The summed E-state index contributed by atoms with van der Waals surface area (Å²) < 4.78 is 0. The van der Waals surface area contributed by atoms with Gasteiger partial charge in [-0.2, -0.15) is 0 Å². The van der Waals surface area contributed by atoms with Gasteiger partial charge in [0.1, 0.15) is 0 Å². The summed E-state index contributed by atoms with van der Waals surface area (Å²) >= 11 is 0. The Labute approximate surface area is 617 Å². The highest BCUT2D eigenvalue weighted by Crippen LogP contribution is 2.40.